The zero-order valence-corrected chi connectivity index (χ0v) is 13.4. The van der Waals surface area contributed by atoms with Crippen LogP contribution in [0, 0.1) is 10.1 Å². The van der Waals surface area contributed by atoms with Crippen LogP contribution in [-0.2, 0) is 11.3 Å². The first kappa shape index (κ1) is 17.4. The largest absolute Gasteiger partial charge is 0.371 e. The Kier molecular flexibility index (Phi) is 6.10. The van der Waals surface area contributed by atoms with Gasteiger partial charge in [-0.15, -0.1) is 12.4 Å². The molecule has 2 aromatic carbocycles. The topological polar surface area (TPSA) is 55.6 Å². The fourth-order valence-corrected chi connectivity index (χ4v) is 2.70. The van der Waals surface area contributed by atoms with E-state index in [1.54, 1.807) is 12.1 Å². The van der Waals surface area contributed by atoms with E-state index in [2.05, 4.69) is 17.0 Å². The highest BCUT2D eigenvalue weighted by molar-refractivity contribution is 5.85. The third kappa shape index (κ3) is 4.51. The zero-order chi connectivity index (χ0) is 15.4. The van der Waals surface area contributed by atoms with Crippen molar-refractivity contribution in [3.63, 3.8) is 0 Å². The van der Waals surface area contributed by atoms with Crippen molar-refractivity contribution >= 4 is 18.1 Å². The molecule has 0 spiro atoms. The van der Waals surface area contributed by atoms with E-state index in [9.17, 15) is 10.1 Å². The van der Waals surface area contributed by atoms with Gasteiger partial charge in [0, 0.05) is 31.8 Å². The molecule has 0 bridgehead atoms. The molecule has 1 heterocycles. The minimum absolute atomic E-state index is 0. The molecular formula is C17H19ClN2O3. The first-order valence-corrected chi connectivity index (χ1v) is 7.34. The Morgan fingerprint density at radius 1 is 1.13 bits per heavy atom. The fourth-order valence-electron chi connectivity index (χ4n) is 2.70. The third-order valence-electron chi connectivity index (χ3n) is 3.88. The van der Waals surface area contributed by atoms with E-state index in [1.807, 2.05) is 18.2 Å². The molecule has 23 heavy (non-hydrogen) atoms. The maximum atomic E-state index is 10.7. The van der Waals surface area contributed by atoms with Gasteiger partial charge in [-0.3, -0.25) is 15.0 Å². The molecule has 2 aromatic rings. The van der Waals surface area contributed by atoms with Crippen molar-refractivity contribution in [1.29, 1.82) is 0 Å². The summed E-state index contributed by atoms with van der Waals surface area (Å²) in [7, 11) is 0. The second kappa shape index (κ2) is 8.06. The predicted octanol–water partition coefficient (Wildman–Crippen LogP) is 3.59. The highest BCUT2D eigenvalue weighted by Crippen LogP contribution is 2.25. The Labute approximate surface area is 141 Å². The van der Waals surface area contributed by atoms with E-state index in [-0.39, 0.29) is 29.1 Å². The van der Waals surface area contributed by atoms with Gasteiger partial charge in [0.1, 0.15) is 0 Å². The summed E-state index contributed by atoms with van der Waals surface area (Å²) in [5.41, 5.74) is 2.39. The second-order valence-electron chi connectivity index (χ2n) is 5.43. The maximum Gasteiger partial charge on any atom is 0.269 e. The smallest absolute Gasteiger partial charge is 0.269 e. The number of nitrogens with zero attached hydrogens (tertiary/aromatic N) is 2. The van der Waals surface area contributed by atoms with Gasteiger partial charge in [-0.2, -0.15) is 0 Å². The average Bonchev–Trinajstić information content (AvgIpc) is 2.56. The van der Waals surface area contributed by atoms with Crippen LogP contribution in [0.1, 0.15) is 17.2 Å². The number of hydrogen-bond donors (Lipinski definition) is 0. The van der Waals surface area contributed by atoms with Crippen molar-refractivity contribution in [2.24, 2.45) is 0 Å². The lowest BCUT2D eigenvalue weighted by atomic mass is 10.1. The first-order chi connectivity index (χ1) is 10.7. The molecular weight excluding hydrogens is 316 g/mol. The molecule has 6 heteroatoms. The summed E-state index contributed by atoms with van der Waals surface area (Å²) in [6.07, 6.45) is -0.0294. The normalized spacial score (nSPS) is 18.2. The van der Waals surface area contributed by atoms with E-state index < -0.39 is 0 Å². The van der Waals surface area contributed by atoms with Crippen LogP contribution < -0.4 is 0 Å². The van der Waals surface area contributed by atoms with Gasteiger partial charge in [-0.1, -0.05) is 30.3 Å². The summed E-state index contributed by atoms with van der Waals surface area (Å²) in [6.45, 7) is 3.27. The number of hydrogen-bond acceptors (Lipinski definition) is 4. The Balaban J connectivity index is 0.00000192. The SMILES string of the molecule is Cl.O=[N+]([O-])c1ccc(C2CN(Cc3ccccc3)CCO2)cc1. The summed E-state index contributed by atoms with van der Waals surface area (Å²) in [5.74, 6) is 0. The molecule has 0 aliphatic carbocycles. The van der Waals surface area contributed by atoms with Crippen molar-refractivity contribution in [1.82, 2.24) is 4.90 Å². The summed E-state index contributed by atoms with van der Waals surface area (Å²) in [4.78, 5) is 12.7. The molecule has 1 atom stereocenters. The van der Waals surface area contributed by atoms with Crippen LogP contribution in [0.4, 0.5) is 5.69 Å². The lowest BCUT2D eigenvalue weighted by Crippen LogP contribution is -2.37. The minimum Gasteiger partial charge on any atom is -0.371 e. The summed E-state index contributed by atoms with van der Waals surface area (Å²) < 4.78 is 5.82. The lowest BCUT2D eigenvalue weighted by molar-refractivity contribution is -0.384. The minimum atomic E-state index is -0.382. The van der Waals surface area contributed by atoms with Gasteiger partial charge in [-0.25, -0.2) is 0 Å². The van der Waals surface area contributed by atoms with Crippen LogP contribution in [0.5, 0.6) is 0 Å². The standard InChI is InChI=1S/C17H18N2O3.ClH/c20-19(21)16-8-6-15(7-9-16)17-13-18(10-11-22-17)12-14-4-2-1-3-5-14;/h1-9,17H,10-13H2;1H. The molecule has 0 saturated carbocycles. The molecule has 0 amide bonds. The number of morpholine rings is 1. The van der Waals surface area contributed by atoms with E-state index in [0.29, 0.717) is 6.61 Å². The van der Waals surface area contributed by atoms with Crippen LogP contribution in [0.15, 0.2) is 54.6 Å². The molecule has 3 rings (SSSR count). The Morgan fingerprint density at radius 3 is 2.48 bits per heavy atom. The van der Waals surface area contributed by atoms with Crippen molar-refractivity contribution in [3.8, 4) is 0 Å². The lowest BCUT2D eigenvalue weighted by Gasteiger charge is -2.33. The van der Waals surface area contributed by atoms with Gasteiger partial charge in [0.2, 0.25) is 0 Å². The van der Waals surface area contributed by atoms with Crippen molar-refractivity contribution < 1.29 is 9.66 Å². The quantitative estimate of drug-likeness (QED) is 0.633. The van der Waals surface area contributed by atoms with E-state index in [0.717, 1.165) is 25.2 Å². The second-order valence-corrected chi connectivity index (χ2v) is 5.43. The van der Waals surface area contributed by atoms with E-state index in [1.165, 1.54) is 17.7 Å². The van der Waals surface area contributed by atoms with Crippen LogP contribution in [0.2, 0.25) is 0 Å². The summed E-state index contributed by atoms with van der Waals surface area (Å²) in [6, 6.07) is 17.0. The van der Waals surface area contributed by atoms with Crippen LogP contribution in [0.25, 0.3) is 0 Å². The Morgan fingerprint density at radius 2 is 1.83 bits per heavy atom. The molecule has 1 aliphatic heterocycles. The monoisotopic (exact) mass is 334 g/mol. The Bertz CT molecular complexity index is 634. The Hall–Kier alpha value is -1.95. The molecule has 1 saturated heterocycles. The molecule has 1 unspecified atom stereocenters. The highest BCUT2D eigenvalue weighted by Gasteiger charge is 2.22. The van der Waals surface area contributed by atoms with E-state index >= 15 is 0 Å². The van der Waals surface area contributed by atoms with Gasteiger partial charge in [-0.05, 0) is 23.3 Å². The number of rotatable bonds is 4. The highest BCUT2D eigenvalue weighted by atomic mass is 35.5. The number of halogens is 1. The molecule has 122 valence electrons. The predicted molar refractivity (Wildman–Crippen MR) is 90.8 cm³/mol. The van der Waals surface area contributed by atoms with Crippen molar-refractivity contribution in [3.05, 3.63) is 75.8 Å². The third-order valence-corrected chi connectivity index (χ3v) is 3.88. The van der Waals surface area contributed by atoms with Gasteiger partial charge >= 0.3 is 0 Å². The molecule has 0 N–H and O–H groups in total. The molecule has 1 aliphatic rings. The number of nitro benzene ring substituents is 1. The molecule has 1 fully saturated rings. The number of nitro groups is 1. The summed E-state index contributed by atoms with van der Waals surface area (Å²) >= 11 is 0. The fraction of sp³-hybridized carbons (Fsp3) is 0.294. The van der Waals surface area contributed by atoms with Crippen LogP contribution in [-0.4, -0.2) is 29.5 Å². The van der Waals surface area contributed by atoms with Gasteiger partial charge in [0.15, 0.2) is 0 Å². The van der Waals surface area contributed by atoms with Crippen LogP contribution >= 0.6 is 12.4 Å². The number of non-ortho nitro benzene ring substituents is 1. The van der Waals surface area contributed by atoms with E-state index in [4.69, 9.17) is 4.74 Å². The van der Waals surface area contributed by atoms with Crippen LogP contribution in [0.3, 0.4) is 0 Å². The average molecular weight is 335 g/mol. The molecule has 5 nitrogen and oxygen atoms in total. The van der Waals surface area contributed by atoms with Crippen molar-refractivity contribution in [2.75, 3.05) is 19.7 Å². The number of ether oxygens (including phenoxy) is 1. The summed E-state index contributed by atoms with van der Waals surface area (Å²) in [5, 5.41) is 10.7. The van der Waals surface area contributed by atoms with Gasteiger partial charge in [0.05, 0.1) is 17.6 Å². The molecule has 0 aromatic heterocycles. The zero-order valence-electron chi connectivity index (χ0n) is 12.6. The molecule has 0 radical (unpaired) electrons. The van der Waals surface area contributed by atoms with Crippen molar-refractivity contribution in [2.45, 2.75) is 12.6 Å². The number of benzene rings is 2. The van der Waals surface area contributed by atoms with Gasteiger partial charge < -0.3 is 4.74 Å². The van der Waals surface area contributed by atoms with Gasteiger partial charge in [0.25, 0.3) is 5.69 Å². The first-order valence-electron chi connectivity index (χ1n) is 7.34. The maximum absolute atomic E-state index is 10.7.